The highest BCUT2D eigenvalue weighted by molar-refractivity contribution is 9.10. The van der Waals surface area contributed by atoms with Gasteiger partial charge in [0.05, 0.1) is 4.47 Å². The van der Waals surface area contributed by atoms with Crippen molar-refractivity contribution >= 4 is 15.9 Å². The summed E-state index contributed by atoms with van der Waals surface area (Å²) in [5.41, 5.74) is 8.04. The lowest BCUT2D eigenvalue weighted by atomic mass is 10.1. The van der Waals surface area contributed by atoms with Gasteiger partial charge in [0, 0.05) is 6.04 Å². The van der Waals surface area contributed by atoms with Crippen LogP contribution < -0.4 is 10.5 Å². The van der Waals surface area contributed by atoms with Crippen molar-refractivity contribution in [3.8, 4) is 11.5 Å². The number of ether oxygens (including phenoxy) is 1. The standard InChI is InChI=1S/C15H16BrNO/c1-10-5-3-4-6-14(10)18-15-8-7-12(11(2)17)9-13(15)16/h3-9,11H,17H2,1-2H3/t11-/m0/s1. The molecular weight excluding hydrogens is 290 g/mol. The molecule has 2 N–H and O–H groups in total. The van der Waals surface area contributed by atoms with Gasteiger partial charge in [-0.3, -0.25) is 0 Å². The van der Waals surface area contributed by atoms with Crippen LogP contribution in [0.2, 0.25) is 0 Å². The fourth-order valence-corrected chi connectivity index (χ4v) is 2.15. The summed E-state index contributed by atoms with van der Waals surface area (Å²) in [5, 5.41) is 0. The Balaban J connectivity index is 2.28. The molecule has 2 rings (SSSR count). The van der Waals surface area contributed by atoms with Crippen LogP contribution in [0.15, 0.2) is 46.9 Å². The zero-order valence-electron chi connectivity index (χ0n) is 10.5. The molecule has 94 valence electrons. The molecular formula is C15H16BrNO. The summed E-state index contributed by atoms with van der Waals surface area (Å²) in [6.07, 6.45) is 0. The molecule has 0 bridgehead atoms. The Kier molecular flexibility index (Phi) is 4.04. The molecule has 0 radical (unpaired) electrons. The molecule has 0 aliphatic carbocycles. The predicted molar refractivity (Wildman–Crippen MR) is 78.0 cm³/mol. The zero-order valence-corrected chi connectivity index (χ0v) is 12.1. The Hall–Kier alpha value is -1.32. The summed E-state index contributed by atoms with van der Waals surface area (Å²) in [6.45, 7) is 3.99. The Labute approximate surface area is 116 Å². The Morgan fingerprint density at radius 1 is 1.11 bits per heavy atom. The highest BCUT2D eigenvalue weighted by atomic mass is 79.9. The number of aryl methyl sites for hydroxylation is 1. The fourth-order valence-electron chi connectivity index (χ4n) is 1.67. The second kappa shape index (κ2) is 5.55. The maximum absolute atomic E-state index is 5.89. The summed E-state index contributed by atoms with van der Waals surface area (Å²) >= 11 is 3.52. The third-order valence-electron chi connectivity index (χ3n) is 2.80. The molecule has 2 nitrogen and oxygen atoms in total. The predicted octanol–water partition coefficient (Wildman–Crippen LogP) is 4.57. The quantitative estimate of drug-likeness (QED) is 0.901. The van der Waals surface area contributed by atoms with Gasteiger partial charge in [0.15, 0.2) is 0 Å². The van der Waals surface area contributed by atoms with E-state index in [1.165, 1.54) is 0 Å². The van der Waals surface area contributed by atoms with E-state index >= 15 is 0 Å². The Bertz CT molecular complexity index is 552. The normalized spacial score (nSPS) is 12.2. The van der Waals surface area contributed by atoms with Crippen molar-refractivity contribution in [1.82, 2.24) is 0 Å². The van der Waals surface area contributed by atoms with Crippen LogP contribution in [-0.2, 0) is 0 Å². The second-order valence-electron chi connectivity index (χ2n) is 4.35. The van der Waals surface area contributed by atoms with Crippen molar-refractivity contribution in [3.63, 3.8) is 0 Å². The molecule has 0 unspecified atom stereocenters. The third kappa shape index (κ3) is 2.92. The first-order valence-corrected chi connectivity index (χ1v) is 6.65. The van der Waals surface area contributed by atoms with Gasteiger partial charge in [-0.2, -0.15) is 0 Å². The number of benzene rings is 2. The molecule has 0 spiro atoms. The lowest BCUT2D eigenvalue weighted by Gasteiger charge is -2.12. The number of halogens is 1. The molecule has 0 saturated carbocycles. The minimum Gasteiger partial charge on any atom is -0.456 e. The van der Waals surface area contributed by atoms with Crippen LogP contribution in [0.3, 0.4) is 0 Å². The molecule has 1 atom stereocenters. The number of rotatable bonds is 3. The van der Waals surface area contributed by atoms with Crippen LogP contribution >= 0.6 is 15.9 Å². The van der Waals surface area contributed by atoms with Gasteiger partial charge in [0.2, 0.25) is 0 Å². The molecule has 0 saturated heterocycles. The van der Waals surface area contributed by atoms with Crippen LogP contribution in [0.4, 0.5) is 0 Å². The van der Waals surface area contributed by atoms with Gasteiger partial charge in [-0.25, -0.2) is 0 Å². The number of para-hydroxylation sites is 1. The van der Waals surface area contributed by atoms with Gasteiger partial charge >= 0.3 is 0 Å². The minimum atomic E-state index is 0.0220. The van der Waals surface area contributed by atoms with Crippen LogP contribution in [0.5, 0.6) is 11.5 Å². The molecule has 2 aromatic rings. The van der Waals surface area contributed by atoms with Crippen molar-refractivity contribution < 1.29 is 4.74 Å². The zero-order chi connectivity index (χ0) is 13.1. The number of nitrogens with two attached hydrogens (primary N) is 1. The summed E-state index contributed by atoms with van der Waals surface area (Å²) in [4.78, 5) is 0. The molecule has 0 heterocycles. The molecule has 0 amide bonds. The maximum atomic E-state index is 5.89. The smallest absolute Gasteiger partial charge is 0.141 e. The molecule has 2 aromatic carbocycles. The van der Waals surface area contributed by atoms with E-state index in [1.807, 2.05) is 56.3 Å². The van der Waals surface area contributed by atoms with Crippen LogP contribution in [0.1, 0.15) is 24.1 Å². The minimum absolute atomic E-state index is 0.0220. The average molecular weight is 306 g/mol. The van der Waals surface area contributed by atoms with Gasteiger partial charge in [-0.15, -0.1) is 0 Å². The van der Waals surface area contributed by atoms with Gasteiger partial charge < -0.3 is 10.5 Å². The summed E-state index contributed by atoms with van der Waals surface area (Å²) in [6, 6.07) is 13.9. The Morgan fingerprint density at radius 3 is 2.44 bits per heavy atom. The summed E-state index contributed by atoms with van der Waals surface area (Å²) < 4.78 is 6.80. The van der Waals surface area contributed by atoms with Crippen LogP contribution in [-0.4, -0.2) is 0 Å². The first-order chi connectivity index (χ1) is 8.58. The van der Waals surface area contributed by atoms with Crippen molar-refractivity contribution in [2.45, 2.75) is 19.9 Å². The van der Waals surface area contributed by atoms with Crippen molar-refractivity contribution in [2.24, 2.45) is 5.73 Å². The fraction of sp³-hybridized carbons (Fsp3) is 0.200. The van der Waals surface area contributed by atoms with E-state index in [1.54, 1.807) is 0 Å². The number of hydrogen-bond donors (Lipinski definition) is 1. The average Bonchev–Trinajstić information content (AvgIpc) is 2.34. The van der Waals surface area contributed by atoms with E-state index in [9.17, 15) is 0 Å². The molecule has 3 heteroatoms. The van der Waals surface area contributed by atoms with E-state index in [0.29, 0.717) is 0 Å². The van der Waals surface area contributed by atoms with E-state index in [2.05, 4.69) is 15.9 Å². The number of hydrogen-bond acceptors (Lipinski definition) is 2. The van der Waals surface area contributed by atoms with Gasteiger partial charge in [-0.1, -0.05) is 24.3 Å². The van der Waals surface area contributed by atoms with E-state index < -0.39 is 0 Å². The highest BCUT2D eigenvalue weighted by Gasteiger charge is 2.07. The summed E-state index contributed by atoms with van der Waals surface area (Å²) in [7, 11) is 0. The van der Waals surface area contributed by atoms with Gasteiger partial charge in [0.1, 0.15) is 11.5 Å². The van der Waals surface area contributed by atoms with Gasteiger partial charge in [0.25, 0.3) is 0 Å². The van der Waals surface area contributed by atoms with Crippen molar-refractivity contribution in [3.05, 3.63) is 58.1 Å². The highest BCUT2D eigenvalue weighted by Crippen LogP contribution is 2.32. The van der Waals surface area contributed by atoms with Gasteiger partial charge in [-0.05, 0) is 59.1 Å². The molecule has 0 aliphatic heterocycles. The van der Waals surface area contributed by atoms with E-state index in [0.717, 1.165) is 27.1 Å². The summed E-state index contributed by atoms with van der Waals surface area (Å²) in [5.74, 6) is 1.67. The largest absolute Gasteiger partial charge is 0.456 e. The lowest BCUT2D eigenvalue weighted by Crippen LogP contribution is -2.04. The van der Waals surface area contributed by atoms with E-state index in [-0.39, 0.29) is 6.04 Å². The molecule has 0 aliphatic rings. The van der Waals surface area contributed by atoms with Crippen LogP contribution in [0.25, 0.3) is 0 Å². The van der Waals surface area contributed by atoms with Crippen LogP contribution in [0, 0.1) is 6.92 Å². The Morgan fingerprint density at radius 2 is 1.83 bits per heavy atom. The topological polar surface area (TPSA) is 35.2 Å². The lowest BCUT2D eigenvalue weighted by molar-refractivity contribution is 0.475. The maximum Gasteiger partial charge on any atom is 0.141 e. The SMILES string of the molecule is Cc1ccccc1Oc1ccc([C@H](C)N)cc1Br. The third-order valence-corrected chi connectivity index (χ3v) is 3.41. The van der Waals surface area contributed by atoms with E-state index in [4.69, 9.17) is 10.5 Å². The first-order valence-electron chi connectivity index (χ1n) is 5.86. The molecule has 18 heavy (non-hydrogen) atoms. The monoisotopic (exact) mass is 305 g/mol. The van der Waals surface area contributed by atoms with Crippen molar-refractivity contribution in [1.29, 1.82) is 0 Å². The molecule has 0 fully saturated rings. The van der Waals surface area contributed by atoms with Crippen molar-refractivity contribution in [2.75, 3.05) is 0 Å². The molecule has 0 aromatic heterocycles. The second-order valence-corrected chi connectivity index (χ2v) is 5.20. The first kappa shape index (κ1) is 13.1.